The Bertz CT molecular complexity index is 200. The van der Waals surface area contributed by atoms with Gasteiger partial charge in [-0.05, 0) is 39.7 Å². The summed E-state index contributed by atoms with van der Waals surface area (Å²) in [5.74, 6) is 0.732. The highest BCUT2D eigenvalue weighted by Gasteiger charge is 2.38. The summed E-state index contributed by atoms with van der Waals surface area (Å²) in [6.45, 7) is 11.2. The van der Waals surface area contributed by atoms with Crippen LogP contribution in [0.1, 0.15) is 33.6 Å². The molecule has 0 saturated carbocycles. The SMILES string of the molecule is C=CCOC1CCC(C)C(C)(C)N1C. The summed E-state index contributed by atoms with van der Waals surface area (Å²) in [6, 6.07) is 0. The molecule has 0 aromatic heterocycles. The lowest BCUT2D eigenvalue weighted by molar-refractivity contribution is -0.125. The molecule has 1 heterocycles. The minimum atomic E-state index is 0.240. The van der Waals surface area contributed by atoms with Crippen molar-refractivity contribution in [3.8, 4) is 0 Å². The molecule has 82 valence electrons. The second-order valence-corrected chi connectivity index (χ2v) is 4.82. The van der Waals surface area contributed by atoms with E-state index >= 15 is 0 Å². The van der Waals surface area contributed by atoms with E-state index in [0.717, 1.165) is 12.3 Å². The molecule has 1 aliphatic heterocycles. The maximum Gasteiger partial charge on any atom is 0.111 e. The van der Waals surface area contributed by atoms with Gasteiger partial charge in [0.1, 0.15) is 6.23 Å². The number of nitrogens with zero attached hydrogens (tertiary/aromatic N) is 1. The van der Waals surface area contributed by atoms with Gasteiger partial charge in [-0.15, -0.1) is 6.58 Å². The van der Waals surface area contributed by atoms with Gasteiger partial charge in [0.25, 0.3) is 0 Å². The molecular weight excluding hydrogens is 174 g/mol. The van der Waals surface area contributed by atoms with Gasteiger partial charge in [0.2, 0.25) is 0 Å². The van der Waals surface area contributed by atoms with Crippen LogP contribution in [0.3, 0.4) is 0 Å². The van der Waals surface area contributed by atoms with E-state index in [1.54, 1.807) is 0 Å². The highest BCUT2D eigenvalue weighted by atomic mass is 16.5. The highest BCUT2D eigenvalue weighted by molar-refractivity contribution is 4.91. The maximum atomic E-state index is 5.74. The largest absolute Gasteiger partial charge is 0.359 e. The third-order valence-electron chi connectivity index (χ3n) is 3.80. The first-order valence-electron chi connectivity index (χ1n) is 5.45. The van der Waals surface area contributed by atoms with Crippen LogP contribution < -0.4 is 0 Å². The predicted molar refractivity (Wildman–Crippen MR) is 60.2 cm³/mol. The van der Waals surface area contributed by atoms with Crippen LogP contribution in [0.4, 0.5) is 0 Å². The van der Waals surface area contributed by atoms with Crippen molar-refractivity contribution in [3.63, 3.8) is 0 Å². The summed E-state index contributed by atoms with van der Waals surface area (Å²) in [6.07, 6.45) is 4.46. The molecule has 0 aromatic carbocycles. The van der Waals surface area contributed by atoms with Crippen molar-refractivity contribution < 1.29 is 4.74 Å². The quantitative estimate of drug-likeness (QED) is 0.645. The normalized spacial score (nSPS) is 32.9. The van der Waals surface area contributed by atoms with E-state index in [2.05, 4.69) is 39.3 Å². The van der Waals surface area contributed by atoms with E-state index in [1.165, 1.54) is 6.42 Å². The molecule has 2 heteroatoms. The fourth-order valence-electron chi connectivity index (χ4n) is 2.03. The first-order chi connectivity index (χ1) is 6.50. The molecule has 14 heavy (non-hydrogen) atoms. The average Bonchev–Trinajstić information content (AvgIpc) is 2.14. The summed E-state index contributed by atoms with van der Waals surface area (Å²) in [5.41, 5.74) is 0.240. The van der Waals surface area contributed by atoms with Crippen LogP contribution >= 0.6 is 0 Å². The summed E-state index contributed by atoms with van der Waals surface area (Å²) in [7, 11) is 2.16. The first-order valence-corrected chi connectivity index (χ1v) is 5.45. The van der Waals surface area contributed by atoms with E-state index in [-0.39, 0.29) is 11.8 Å². The number of piperidine rings is 1. The van der Waals surface area contributed by atoms with Gasteiger partial charge in [0.05, 0.1) is 6.61 Å². The van der Waals surface area contributed by atoms with Crippen LogP contribution in [0, 0.1) is 5.92 Å². The third-order valence-corrected chi connectivity index (χ3v) is 3.80. The molecule has 1 saturated heterocycles. The maximum absolute atomic E-state index is 5.74. The molecule has 0 amide bonds. The molecular formula is C12H23NO. The predicted octanol–water partition coefficient (Wildman–Crippen LogP) is 2.66. The molecule has 0 spiro atoms. The van der Waals surface area contributed by atoms with Gasteiger partial charge in [0, 0.05) is 5.54 Å². The molecule has 0 radical (unpaired) electrons. The summed E-state index contributed by atoms with van der Waals surface area (Å²) < 4.78 is 5.74. The standard InChI is InChI=1S/C12H23NO/c1-6-9-14-11-8-7-10(2)12(3,4)13(11)5/h6,10-11H,1,7-9H2,2-5H3. The van der Waals surface area contributed by atoms with Gasteiger partial charge in [-0.2, -0.15) is 0 Å². The fraction of sp³-hybridized carbons (Fsp3) is 0.833. The van der Waals surface area contributed by atoms with Crippen LogP contribution in [-0.2, 0) is 4.74 Å². The van der Waals surface area contributed by atoms with E-state index in [0.29, 0.717) is 6.61 Å². The molecule has 2 atom stereocenters. The minimum absolute atomic E-state index is 0.240. The second kappa shape index (κ2) is 4.45. The zero-order valence-corrected chi connectivity index (χ0v) is 9.92. The van der Waals surface area contributed by atoms with Gasteiger partial charge in [-0.3, -0.25) is 4.90 Å². The lowest BCUT2D eigenvalue weighted by Gasteiger charge is -2.49. The van der Waals surface area contributed by atoms with Crippen molar-refractivity contribution in [3.05, 3.63) is 12.7 Å². The van der Waals surface area contributed by atoms with Crippen molar-refractivity contribution in [1.82, 2.24) is 4.90 Å². The number of hydrogen-bond donors (Lipinski definition) is 0. The van der Waals surface area contributed by atoms with Crippen LogP contribution in [0.25, 0.3) is 0 Å². The summed E-state index contributed by atoms with van der Waals surface area (Å²) in [4.78, 5) is 2.35. The number of ether oxygens (including phenoxy) is 1. The number of hydrogen-bond acceptors (Lipinski definition) is 2. The van der Waals surface area contributed by atoms with Crippen LogP contribution in [0.2, 0.25) is 0 Å². The van der Waals surface area contributed by atoms with Crippen molar-refractivity contribution >= 4 is 0 Å². The Morgan fingerprint density at radius 2 is 2.14 bits per heavy atom. The Labute approximate surface area is 87.9 Å². The first kappa shape index (κ1) is 11.7. The Morgan fingerprint density at radius 1 is 1.50 bits per heavy atom. The number of rotatable bonds is 3. The lowest BCUT2D eigenvalue weighted by atomic mass is 9.80. The Balaban J connectivity index is 2.60. The molecule has 0 aromatic rings. The minimum Gasteiger partial charge on any atom is -0.359 e. The van der Waals surface area contributed by atoms with E-state index < -0.39 is 0 Å². The number of likely N-dealkylation sites (tertiary alicyclic amines) is 1. The topological polar surface area (TPSA) is 12.5 Å². The Morgan fingerprint density at radius 3 is 2.71 bits per heavy atom. The van der Waals surface area contributed by atoms with Crippen molar-refractivity contribution in [2.75, 3.05) is 13.7 Å². The Kier molecular flexibility index (Phi) is 3.73. The van der Waals surface area contributed by atoms with E-state index in [4.69, 9.17) is 4.74 Å². The summed E-state index contributed by atoms with van der Waals surface area (Å²) in [5, 5.41) is 0. The van der Waals surface area contributed by atoms with Gasteiger partial charge in [-0.25, -0.2) is 0 Å². The molecule has 1 fully saturated rings. The fourth-order valence-corrected chi connectivity index (χ4v) is 2.03. The molecule has 1 rings (SSSR count). The lowest BCUT2D eigenvalue weighted by Crippen LogP contribution is -2.55. The van der Waals surface area contributed by atoms with E-state index in [1.807, 2.05) is 6.08 Å². The molecule has 0 N–H and O–H groups in total. The van der Waals surface area contributed by atoms with Crippen molar-refractivity contribution in [1.29, 1.82) is 0 Å². The third kappa shape index (κ3) is 2.18. The monoisotopic (exact) mass is 197 g/mol. The van der Waals surface area contributed by atoms with Gasteiger partial charge < -0.3 is 4.74 Å². The molecule has 2 nitrogen and oxygen atoms in total. The van der Waals surface area contributed by atoms with Crippen LogP contribution in [-0.4, -0.2) is 30.3 Å². The molecule has 1 aliphatic rings. The molecule has 2 unspecified atom stereocenters. The Hall–Kier alpha value is -0.340. The highest BCUT2D eigenvalue weighted by Crippen LogP contribution is 2.35. The zero-order chi connectivity index (χ0) is 10.8. The van der Waals surface area contributed by atoms with Gasteiger partial charge in [-0.1, -0.05) is 13.0 Å². The zero-order valence-electron chi connectivity index (χ0n) is 9.92. The van der Waals surface area contributed by atoms with Crippen LogP contribution in [0.5, 0.6) is 0 Å². The van der Waals surface area contributed by atoms with E-state index in [9.17, 15) is 0 Å². The molecule has 0 aliphatic carbocycles. The summed E-state index contributed by atoms with van der Waals surface area (Å²) >= 11 is 0. The van der Waals surface area contributed by atoms with Gasteiger partial charge in [0.15, 0.2) is 0 Å². The van der Waals surface area contributed by atoms with Crippen LogP contribution in [0.15, 0.2) is 12.7 Å². The van der Waals surface area contributed by atoms with Crippen molar-refractivity contribution in [2.24, 2.45) is 5.92 Å². The molecule has 0 bridgehead atoms. The second-order valence-electron chi connectivity index (χ2n) is 4.82. The average molecular weight is 197 g/mol. The van der Waals surface area contributed by atoms with Crippen molar-refractivity contribution in [2.45, 2.75) is 45.4 Å². The van der Waals surface area contributed by atoms with Gasteiger partial charge >= 0.3 is 0 Å². The smallest absolute Gasteiger partial charge is 0.111 e.